The van der Waals surface area contributed by atoms with Crippen LogP contribution in [0.5, 0.6) is 5.75 Å². The van der Waals surface area contributed by atoms with Gasteiger partial charge in [0.05, 0.1) is 6.21 Å². The molecule has 4 heteroatoms. The predicted molar refractivity (Wildman–Crippen MR) is 108 cm³/mol. The van der Waals surface area contributed by atoms with Gasteiger partial charge in [-0.15, -0.1) is 0 Å². The molecule has 0 saturated carbocycles. The fraction of sp³-hybridized carbons (Fsp3) is 0.130. The summed E-state index contributed by atoms with van der Waals surface area (Å²) in [6, 6.07) is 23.2. The predicted octanol–water partition coefficient (Wildman–Crippen LogP) is 4.65. The lowest BCUT2D eigenvalue weighted by Crippen LogP contribution is -2.18. The van der Waals surface area contributed by atoms with Crippen molar-refractivity contribution in [2.45, 2.75) is 20.5 Å². The number of nitrogens with one attached hydrogen (secondary N) is 1. The normalized spacial score (nSPS) is 10.7. The molecule has 3 rings (SSSR count). The van der Waals surface area contributed by atoms with Crippen molar-refractivity contribution in [3.63, 3.8) is 0 Å². The van der Waals surface area contributed by atoms with Gasteiger partial charge in [0.2, 0.25) is 0 Å². The van der Waals surface area contributed by atoms with E-state index in [0.717, 1.165) is 16.7 Å². The van der Waals surface area contributed by atoms with Crippen LogP contribution in [0.4, 0.5) is 0 Å². The van der Waals surface area contributed by atoms with E-state index in [1.165, 1.54) is 5.56 Å². The van der Waals surface area contributed by atoms with E-state index in [-0.39, 0.29) is 5.91 Å². The molecule has 4 nitrogen and oxygen atoms in total. The summed E-state index contributed by atoms with van der Waals surface area (Å²) in [4.78, 5) is 12.2. The summed E-state index contributed by atoms with van der Waals surface area (Å²) in [6.07, 6.45) is 1.60. The first kappa shape index (κ1) is 18.4. The first-order chi connectivity index (χ1) is 13.1. The lowest BCUT2D eigenvalue weighted by Gasteiger charge is -2.09. The minimum absolute atomic E-state index is 0.234. The third-order valence-corrected chi connectivity index (χ3v) is 4.19. The fourth-order valence-electron chi connectivity index (χ4n) is 2.61. The summed E-state index contributed by atoms with van der Waals surface area (Å²) in [7, 11) is 0. The molecule has 0 fully saturated rings. The Labute approximate surface area is 159 Å². The molecule has 0 aliphatic rings. The van der Waals surface area contributed by atoms with Gasteiger partial charge in [-0.05, 0) is 43.2 Å². The summed E-state index contributed by atoms with van der Waals surface area (Å²) >= 11 is 0. The van der Waals surface area contributed by atoms with Gasteiger partial charge in [0, 0.05) is 11.1 Å². The minimum atomic E-state index is -0.234. The summed E-state index contributed by atoms with van der Waals surface area (Å²) in [5, 5.41) is 4.08. The van der Waals surface area contributed by atoms with E-state index in [4.69, 9.17) is 4.74 Å². The maximum absolute atomic E-state index is 12.2. The Morgan fingerprint density at radius 3 is 2.44 bits per heavy atom. The molecule has 1 amide bonds. The van der Waals surface area contributed by atoms with E-state index in [2.05, 4.69) is 41.7 Å². The molecular formula is C23H22N2O2. The first-order valence-corrected chi connectivity index (χ1v) is 8.80. The standard InChI is InChI=1S/C23H22N2O2/c1-17-11-13-19(14-12-17)16-27-22-10-6-4-8-20(22)15-24-25-23(26)21-9-5-3-7-18(21)2/h3-15H,16H2,1-2H3,(H,25,26)/b24-15+. The van der Waals surface area contributed by atoms with Crippen LogP contribution in [0.25, 0.3) is 0 Å². The van der Waals surface area contributed by atoms with Crippen LogP contribution in [0.3, 0.4) is 0 Å². The van der Waals surface area contributed by atoms with Crippen LogP contribution in [0.2, 0.25) is 0 Å². The van der Waals surface area contributed by atoms with Crippen molar-refractivity contribution < 1.29 is 9.53 Å². The number of aryl methyl sites for hydroxylation is 2. The molecule has 0 heterocycles. The van der Waals surface area contributed by atoms with Crippen LogP contribution in [0, 0.1) is 13.8 Å². The van der Waals surface area contributed by atoms with Crippen LogP contribution in [-0.4, -0.2) is 12.1 Å². The summed E-state index contributed by atoms with van der Waals surface area (Å²) in [5.74, 6) is 0.481. The Morgan fingerprint density at radius 2 is 1.67 bits per heavy atom. The molecule has 0 aromatic heterocycles. The Bertz CT molecular complexity index is 947. The maximum Gasteiger partial charge on any atom is 0.271 e. The molecule has 0 spiro atoms. The van der Waals surface area contributed by atoms with E-state index < -0.39 is 0 Å². The number of hydrogen-bond acceptors (Lipinski definition) is 3. The molecule has 1 N–H and O–H groups in total. The average molecular weight is 358 g/mol. The van der Waals surface area contributed by atoms with E-state index in [1.54, 1.807) is 12.3 Å². The van der Waals surface area contributed by atoms with Crippen molar-refractivity contribution in [1.29, 1.82) is 0 Å². The molecule has 136 valence electrons. The van der Waals surface area contributed by atoms with Crippen LogP contribution in [0.1, 0.15) is 32.6 Å². The topological polar surface area (TPSA) is 50.7 Å². The average Bonchev–Trinajstić information content (AvgIpc) is 2.68. The third kappa shape index (κ3) is 5.05. The zero-order valence-corrected chi connectivity index (χ0v) is 15.5. The molecule has 0 radical (unpaired) electrons. The smallest absolute Gasteiger partial charge is 0.271 e. The van der Waals surface area contributed by atoms with Crippen LogP contribution in [-0.2, 0) is 6.61 Å². The van der Waals surface area contributed by atoms with Crippen molar-refractivity contribution in [2.24, 2.45) is 5.10 Å². The number of nitrogens with zero attached hydrogens (tertiary/aromatic N) is 1. The monoisotopic (exact) mass is 358 g/mol. The molecule has 3 aromatic carbocycles. The number of ether oxygens (including phenoxy) is 1. The molecule has 0 atom stereocenters. The highest BCUT2D eigenvalue weighted by molar-refractivity contribution is 5.96. The van der Waals surface area contributed by atoms with Gasteiger partial charge in [0.15, 0.2) is 0 Å². The molecule has 27 heavy (non-hydrogen) atoms. The zero-order chi connectivity index (χ0) is 19.1. The van der Waals surface area contributed by atoms with Gasteiger partial charge in [0.25, 0.3) is 5.91 Å². The minimum Gasteiger partial charge on any atom is -0.488 e. The van der Waals surface area contributed by atoms with Crippen molar-refractivity contribution in [3.05, 3.63) is 101 Å². The second-order valence-electron chi connectivity index (χ2n) is 6.33. The number of para-hydroxylation sites is 1. The number of carbonyl (C=O) groups excluding carboxylic acids is 1. The van der Waals surface area contributed by atoms with Gasteiger partial charge in [-0.2, -0.15) is 5.10 Å². The number of hydrogen-bond donors (Lipinski definition) is 1. The lowest BCUT2D eigenvalue weighted by molar-refractivity contribution is 0.0954. The second-order valence-corrected chi connectivity index (χ2v) is 6.33. The zero-order valence-electron chi connectivity index (χ0n) is 15.5. The van der Waals surface area contributed by atoms with Crippen LogP contribution < -0.4 is 10.2 Å². The Morgan fingerprint density at radius 1 is 0.963 bits per heavy atom. The van der Waals surface area contributed by atoms with E-state index in [0.29, 0.717) is 17.9 Å². The van der Waals surface area contributed by atoms with Gasteiger partial charge in [0.1, 0.15) is 12.4 Å². The summed E-state index contributed by atoms with van der Waals surface area (Å²) in [6.45, 7) is 4.43. The fourth-order valence-corrected chi connectivity index (χ4v) is 2.61. The highest BCUT2D eigenvalue weighted by Gasteiger charge is 2.07. The molecular weight excluding hydrogens is 336 g/mol. The summed E-state index contributed by atoms with van der Waals surface area (Å²) in [5.41, 5.74) is 7.21. The second kappa shape index (κ2) is 8.81. The largest absolute Gasteiger partial charge is 0.488 e. The molecule has 0 bridgehead atoms. The number of benzene rings is 3. The van der Waals surface area contributed by atoms with Crippen molar-refractivity contribution in [2.75, 3.05) is 0 Å². The molecule has 0 aliphatic carbocycles. The molecule has 3 aromatic rings. The highest BCUT2D eigenvalue weighted by Crippen LogP contribution is 2.18. The van der Waals surface area contributed by atoms with Crippen molar-refractivity contribution >= 4 is 12.1 Å². The molecule has 0 aliphatic heterocycles. The molecule has 0 unspecified atom stereocenters. The van der Waals surface area contributed by atoms with E-state index in [9.17, 15) is 4.79 Å². The number of hydrazone groups is 1. The molecule has 0 saturated heterocycles. The van der Waals surface area contributed by atoms with Gasteiger partial charge in [-0.25, -0.2) is 5.43 Å². The van der Waals surface area contributed by atoms with Crippen molar-refractivity contribution in [3.8, 4) is 5.75 Å². The van der Waals surface area contributed by atoms with E-state index >= 15 is 0 Å². The number of amides is 1. The van der Waals surface area contributed by atoms with Gasteiger partial charge in [-0.1, -0.05) is 60.2 Å². The Kier molecular flexibility index (Phi) is 6.00. The SMILES string of the molecule is Cc1ccc(COc2ccccc2/C=N/NC(=O)c2ccccc2C)cc1. The lowest BCUT2D eigenvalue weighted by atomic mass is 10.1. The van der Waals surface area contributed by atoms with Crippen LogP contribution in [0.15, 0.2) is 77.9 Å². The van der Waals surface area contributed by atoms with Crippen molar-refractivity contribution in [1.82, 2.24) is 5.43 Å². The third-order valence-electron chi connectivity index (χ3n) is 4.19. The first-order valence-electron chi connectivity index (χ1n) is 8.80. The van der Waals surface area contributed by atoms with Crippen LogP contribution >= 0.6 is 0 Å². The van der Waals surface area contributed by atoms with Gasteiger partial charge < -0.3 is 4.74 Å². The van der Waals surface area contributed by atoms with Gasteiger partial charge >= 0.3 is 0 Å². The number of carbonyl (C=O) groups is 1. The quantitative estimate of drug-likeness (QED) is 0.515. The van der Waals surface area contributed by atoms with Gasteiger partial charge in [-0.3, -0.25) is 4.79 Å². The maximum atomic E-state index is 12.2. The Hall–Kier alpha value is -3.40. The number of rotatable bonds is 6. The van der Waals surface area contributed by atoms with E-state index in [1.807, 2.05) is 49.4 Å². The Balaban J connectivity index is 1.65. The summed E-state index contributed by atoms with van der Waals surface area (Å²) < 4.78 is 5.92. The highest BCUT2D eigenvalue weighted by atomic mass is 16.5.